The van der Waals surface area contributed by atoms with Crippen LogP contribution in [0.15, 0.2) is 29.2 Å². The lowest BCUT2D eigenvalue weighted by Gasteiger charge is -2.11. The smallest absolute Gasteiger partial charge is 0.233 e. The van der Waals surface area contributed by atoms with Gasteiger partial charge >= 0.3 is 0 Å². The topological polar surface area (TPSA) is 49.4 Å². The summed E-state index contributed by atoms with van der Waals surface area (Å²) >= 11 is 5.34. The van der Waals surface area contributed by atoms with Gasteiger partial charge in [0.15, 0.2) is 0 Å². The van der Waals surface area contributed by atoms with Crippen LogP contribution in [0.5, 0.6) is 0 Å². The van der Waals surface area contributed by atoms with Crippen molar-refractivity contribution in [3.63, 3.8) is 0 Å². The molecule has 0 bridgehead atoms. The first-order chi connectivity index (χ1) is 7.48. The van der Waals surface area contributed by atoms with Crippen LogP contribution in [0.4, 0.5) is 0 Å². The molecule has 0 saturated carbocycles. The predicted octanol–water partition coefficient (Wildman–Crippen LogP) is 1.22. The summed E-state index contributed by atoms with van der Waals surface area (Å²) in [5, 5.41) is 0. The maximum atomic E-state index is 11.7. The van der Waals surface area contributed by atoms with Gasteiger partial charge in [0.2, 0.25) is 10.0 Å². The molecular weight excluding hydrogens is 248 g/mol. The normalized spacial score (nSPS) is 12.0. The first kappa shape index (κ1) is 13.4. The molecule has 1 aromatic carbocycles. The summed E-state index contributed by atoms with van der Waals surface area (Å²) in [4.78, 5) is 2.83. The summed E-state index contributed by atoms with van der Waals surface area (Å²) in [5.41, 5.74) is 1.05. The molecule has 0 spiro atoms. The van der Waals surface area contributed by atoms with Gasteiger partial charge in [0.05, 0.1) is 4.90 Å². The molecule has 0 aliphatic heterocycles. The lowest BCUT2D eigenvalue weighted by atomic mass is 10.2. The van der Waals surface area contributed by atoms with Crippen molar-refractivity contribution in [2.75, 3.05) is 20.6 Å². The van der Waals surface area contributed by atoms with Crippen LogP contribution in [0, 0.1) is 0 Å². The maximum absolute atomic E-state index is 11.7. The quantitative estimate of drug-likeness (QED) is 0.812. The van der Waals surface area contributed by atoms with Gasteiger partial charge < -0.3 is 0 Å². The van der Waals surface area contributed by atoms with Crippen LogP contribution in [-0.4, -0.2) is 33.4 Å². The van der Waals surface area contributed by atoms with Gasteiger partial charge in [-0.1, -0.05) is 12.1 Å². The van der Waals surface area contributed by atoms with Crippen molar-refractivity contribution in [1.29, 1.82) is 0 Å². The highest BCUT2D eigenvalue weighted by Crippen LogP contribution is 2.14. The second-order valence-corrected chi connectivity index (χ2v) is 5.98. The van der Waals surface area contributed by atoms with Gasteiger partial charge in [-0.2, -0.15) is 0 Å². The second-order valence-electron chi connectivity index (χ2n) is 3.57. The monoisotopic (exact) mass is 262 g/mol. The fourth-order valence-electron chi connectivity index (χ4n) is 1.23. The minimum absolute atomic E-state index is 0.306. The average Bonchev–Trinajstić information content (AvgIpc) is 2.26. The van der Waals surface area contributed by atoms with E-state index in [1.807, 2.05) is 0 Å². The summed E-state index contributed by atoms with van der Waals surface area (Å²) < 4.78 is 24.7. The Morgan fingerprint density at radius 1 is 1.25 bits per heavy atom. The second kappa shape index (κ2) is 5.63. The lowest BCUT2D eigenvalue weighted by molar-refractivity contribution is 0.520. The molecule has 0 aliphatic carbocycles. The van der Waals surface area contributed by atoms with Crippen molar-refractivity contribution in [3.05, 3.63) is 29.8 Å². The Kier molecular flexibility index (Phi) is 4.73. The number of rotatable bonds is 5. The molecule has 90 valence electrons. The molecule has 4 nitrogen and oxygen atoms in total. The van der Waals surface area contributed by atoms with Gasteiger partial charge in [0, 0.05) is 20.6 Å². The van der Waals surface area contributed by atoms with Gasteiger partial charge in [-0.15, -0.1) is 0 Å². The highest BCUT2D eigenvalue weighted by Gasteiger charge is 2.16. The molecule has 16 heavy (non-hydrogen) atoms. The van der Waals surface area contributed by atoms with Crippen LogP contribution in [-0.2, 0) is 16.4 Å². The van der Waals surface area contributed by atoms with E-state index in [0.29, 0.717) is 11.4 Å². The predicted molar refractivity (Wildman–Crippen MR) is 64.9 cm³/mol. The molecular formula is C10H15ClN2O2S. The van der Waals surface area contributed by atoms with E-state index in [1.165, 1.54) is 18.4 Å². The Morgan fingerprint density at radius 3 is 2.25 bits per heavy atom. The lowest BCUT2D eigenvalue weighted by Crippen LogP contribution is -2.22. The number of nitrogens with one attached hydrogen (secondary N) is 1. The number of benzene rings is 1. The summed E-state index contributed by atoms with van der Waals surface area (Å²) in [6.07, 6.45) is 0.770. The fourth-order valence-corrected chi connectivity index (χ4v) is 2.23. The molecule has 0 saturated heterocycles. The Labute approximate surface area is 101 Å². The summed E-state index contributed by atoms with van der Waals surface area (Å²) in [7, 11) is -0.293. The number of hydrogen-bond acceptors (Lipinski definition) is 3. The third kappa shape index (κ3) is 3.18. The molecule has 0 heterocycles. The van der Waals surface area contributed by atoms with Gasteiger partial charge in [-0.25, -0.2) is 17.6 Å². The van der Waals surface area contributed by atoms with E-state index in [-0.39, 0.29) is 0 Å². The minimum atomic E-state index is -3.32. The molecule has 0 radical (unpaired) electrons. The van der Waals surface area contributed by atoms with Crippen molar-refractivity contribution in [3.8, 4) is 0 Å². The van der Waals surface area contributed by atoms with E-state index in [4.69, 9.17) is 11.8 Å². The van der Waals surface area contributed by atoms with Crippen molar-refractivity contribution in [2.45, 2.75) is 11.3 Å². The molecule has 1 aromatic rings. The van der Waals surface area contributed by atoms with Crippen LogP contribution < -0.4 is 4.84 Å². The third-order valence-electron chi connectivity index (χ3n) is 2.21. The summed E-state index contributed by atoms with van der Waals surface area (Å²) in [6, 6.07) is 6.81. The van der Waals surface area contributed by atoms with Crippen molar-refractivity contribution < 1.29 is 8.42 Å². The largest absolute Gasteiger partial charge is 0.242 e. The highest BCUT2D eigenvalue weighted by atomic mass is 35.5. The van der Waals surface area contributed by atoms with E-state index in [0.717, 1.165) is 12.0 Å². The van der Waals surface area contributed by atoms with Crippen LogP contribution in [0.3, 0.4) is 0 Å². The van der Waals surface area contributed by atoms with E-state index in [2.05, 4.69) is 4.84 Å². The zero-order chi connectivity index (χ0) is 12.2. The van der Waals surface area contributed by atoms with Crippen LogP contribution in [0.1, 0.15) is 5.56 Å². The average molecular weight is 263 g/mol. The van der Waals surface area contributed by atoms with Crippen molar-refractivity contribution >= 4 is 21.8 Å². The van der Waals surface area contributed by atoms with Crippen LogP contribution in [0.25, 0.3) is 0 Å². The number of sulfonamides is 1. The zero-order valence-electron chi connectivity index (χ0n) is 9.27. The molecule has 1 rings (SSSR count). The van der Waals surface area contributed by atoms with Gasteiger partial charge in [0.1, 0.15) is 0 Å². The molecule has 0 unspecified atom stereocenters. The molecule has 0 atom stereocenters. The maximum Gasteiger partial charge on any atom is 0.242 e. The Bertz CT molecular complexity index is 429. The standard InChI is InChI=1S/C10H15ClN2O2S/c1-13(2)16(14,15)10-5-3-9(4-6-10)7-8-12-11/h3-6,12H,7-8H2,1-2H3. The number of nitrogens with zero attached hydrogens (tertiary/aromatic N) is 1. The molecule has 1 N–H and O–H groups in total. The number of halogens is 1. The zero-order valence-corrected chi connectivity index (χ0v) is 10.8. The summed E-state index contributed by atoms with van der Waals surface area (Å²) in [5.74, 6) is 0. The third-order valence-corrected chi connectivity index (χ3v) is 4.23. The van der Waals surface area contributed by atoms with Crippen molar-refractivity contribution in [1.82, 2.24) is 9.14 Å². The SMILES string of the molecule is CN(C)S(=O)(=O)c1ccc(CCNCl)cc1. The first-order valence-corrected chi connectivity index (χ1v) is 6.65. The van der Waals surface area contributed by atoms with Gasteiger partial charge in [0.25, 0.3) is 0 Å². The molecule has 0 fully saturated rings. The van der Waals surface area contributed by atoms with E-state index >= 15 is 0 Å². The minimum Gasteiger partial charge on any atom is -0.233 e. The Morgan fingerprint density at radius 2 is 1.81 bits per heavy atom. The highest BCUT2D eigenvalue weighted by molar-refractivity contribution is 7.89. The van der Waals surface area contributed by atoms with Crippen LogP contribution in [0.2, 0.25) is 0 Å². The fraction of sp³-hybridized carbons (Fsp3) is 0.400. The first-order valence-electron chi connectivity index (χ1n) is 4.83. The molecule has 6 heteroatoms. The van der Waals surface area contributed by atoms with Gasteiger partial charge in [-0.05, 0) is 35.9 Å². The van der Waals surface area contributed by atoms with E-state index in [1.54, 1.807) is 24.3 Å². The molecule has 0 aliphatic rings. The Balaban J connectivity index is 2.87. The molecule has 0 amide bonds. The van der Waals surface area contributed by atoms with E-state index < -0.39 is 10.0 Å². The number of hydrogen-bond donors (Lipinski definition) is 1. The van der Waals surface area contributed by atoms with Crippen molar-refractivity contribution in [2.24, 2.45) is 0 Å². The van der Waals surface area contributed by atoms with E-state index in [9.17, 15) is 8.42 Å². The Hall–Kier alpha value is -0.620. The van der Waals surface area contributed by atoms with Gasteiger partial charge in [-0.3, -0.25) is 0 Å². The molecule has 0 aromatic heterocycles. The van der Waals surface area contributed by atoms with Crippen LogP contribution >= 0.6 is 11.8 Å². The summed E-state index contributed by atoms with van der Waals surface area (Å²) in [6.45, 7) is 0.654.